The Labute approximate surface area is 131 Å². The summed E-state index contributed by atoms with van der Waals surface area (Å²) in [6.45, 7) is 6.30. The molecular weight excluding hydrogens is 278 g/mol. The first-order valence-corrected chi connectivity index (χ1v) is 8.12. The summed E-state index contributed by atoms with van der Waals surface area (Å²) in [5.41, 5.74) is 3.72. The Morgan fingerprint density at radius 3 is 2.95 bits per heavy atom. The molecule has 2 aliphatic rings. The van der Waals surface area contributed by atoms with E-state index in [2.05, 4.69) is 17.9 Å². The van der Waals surface area contributed by atoms with Gasteiger partial charge in [0.2, 0.25) is 0 Å². The largest absolute Gasteiger partial charge is 0.507 e. The van der Waals surface area contributed by atoms with Crippen LogP contribution in [-0.2, 0) is 16.0 Å². The maximum Gasteiger partial charge on any atom is 0.337 e. The summed E-state index contributed by atoms with van der Waals surface area (Å²) in [5.74, 6) is -0.289. The van der Waals surface area contributed by atoms with E-state index in [1.54, 1.807) is 6.92 Å². The lowest BCUT2D eigenvalue weighted by Crippen LogP contribution is -2.39. The van der Waals surface area contributed by atoms with Crippen LogP contribution in [0.15, 0.2) is 23.8 Å². The Bertz CT molecular complexity index is 621. The zero-order valence-electron chi connectivity index (χ0n) is 13.3. The number of aliphatic hydroxyl groups excluding tert-OH is 1. The molecule has 0 saturated carbocycles. The van der Waals surface area contributed by atoms with Gasteiger partial charge in [0.25, 0.3) is 0 Å². The number of benzene rings is 1. The molecule has 1 aliphatic heterocycles. The van der Waals surface area contributed by atoms with Crippen molar-refractivity contribution in [3.8, 4) is 0 Å². The Morgan fingerprint density at radius 2 is 2.23 bits per heavy atom. The Hall–Kier alpha value is -1.81. The normalized spacial score (nSPS) is 20.7. The highest BCUT2D eigenvalue weighted by molar-refractivity contribution is 5.97. The fraction of sp³-hybridized carbons (Fsp3) is 0.500. The number of hydrogen-bond donors (Lipinski definition) is 1. The van der Waals surface area contributed by atoms with Gasteiger partial charge in [0.15, 0.2) is 0 Å². The van der Waals surface area contributed by atoms with Crippen LogP contribution in [0.4, 0.5) is 0 Å². The van der Waals surface area contributed by atoms with Crippen LogP contribution in [-0.4, -0.2) is 35.7 Å². The van der Waals surface area contributed by atoms with Gasteiger partial charge in [-0.3, -0.25) is 4.90 Å². The molecular formula is C18H23NO3. The Kier molecular flexibility index (Phi) is 4.21. The van der Waals surface area contributed by atoms with Gasteiger partial charge in [-0.05, 0) is 37.4 Å². The monoisotopic (exact) mass is 301 g/mol. The average molecular weight is 301 g/mol. The highest BCUT2D eigenvalue weighted by Gasteiger charge is 2.37. The van der Waals surface area contributed by atoms with E-state index in [1.807, 2.05) is 12.1 Å². The fourth-order valence-electron chi connectivity index (χ4n) is 3.67. The van der Waals surface area contributed by atoms with E-state index in [4.69, 9.17) is 4.74 Å². The molecule has 0 amide bonds. The number of aliphatic hydroxyl groups is 1. The van der Waals surface area contributed by atoms with Crippen LogP contribution in [0.1, 0.15) is 49.4 Å². The van der Waals surface area contributed by atoms with Crippen molar-refractivity contribution in [2.45, 2.75) is 39.2 Å². The third-order valence-corrected chi connectivity index (χ3v) is 4.61. The molecule has 118 valence electrons. The third kappa shape index (κ3) is 2.41. The molecule has 3 rings (SSSR count). The van der Waals surface area contributed by atoms with Crippen LogP contribution in [0.2, 0.25) is 0 Å². The van der Waals surface area contributed by atoms with E-state index >= 15 is 0 Å². The Balaban J connectivity index is 2.07. The topological polar surface area (TPSA) is 49.8 Å². The maximum atomic E-state index is 12.2. The maximum absolute atomic E-state index is 12.2. The molecule has 1 unspecified atom stereocenters. The molecule has 0 aromatic heterocycles. The summed E-state index contributed by atoms with van der Waals surface area (Å²) in [7, 11) is 0. The van der Waals surface area contributed by atoms with Crippen molar-refractivity contribution in [2.75, 3.05) is 19.7 Å². The summed E-state index contributed by atoms with van der Waals surface area (Å²) in [6, 6.07) is 6.19. The Morgan fingerprint density at radius 1 is 1.41 bits per heavy atom. The van der Waals surface area contributed by atoms with Crippen molar-refractivity contribution in [3.63, 3.8) is 0 Å². The van der Waals surface area contributed by atoms with E-state index < -0.39 is 5.97 Å². The van der Waals surface area contributed by atoms with E-state index in [0.29, 0.717) is 18.6 Å². The summed E-state index contributed by atoms with van der Waals surface area (Å²) >= 11 is 0. The minimum absolute atomic E-state index is 0.102. The van der Waals surface area contributed by atoms with Crippen molar-refractivity contribution in [3.05, 3.63) is 40.5 Å². The minimum atomic E-state index is -0.391. The van der Waals surface area contributed by atoms with Crippen LogP contribution >= 0.6 is 0 Å². The first-order chi connectivity index (χ1) is 10.7. The molecule has 0 fully saturated rings. The highest BCUT2D eigenvalue weighted by atomic mass is 16.5. The van der Waals surface area contributed by atoms with Gasteiger partial charge in [0.1, 0.15) is 5.76 Å². The SMILES string of the molecule is CCCN1CCc2cccc3c2C1CC(C(=O)OCC)=C3O. The summed E-state index contributed by atoms with van der Waals surface area (Å²) in [4.78, 5) is 14.6. The molecule has 22 heavy (non-hydrogen) atoms. The summed E-state index contributed by atoms with van der Waals surface area (Å²) < 4.78 is 5.13. The molecule has 0 bridgehead atoms. The average Bonchev–Trinajstić information content (AvgIpc) is 2.52. The van der Waals surface area contributed by atoms with Crippen LogP contribution in [0.3, 0.4) is 0 Å². The molecule has 0 radical (unpaired) electrons. The molecule has 0 saturated heterocycles. The van der Waals surface area contributed by atoms with E-state index in [0.717, 1.165) is 31.5 Å². The van der Waals surface area contributed by atoms with Crippen molar-refractivity contribution in [1.82, 2.24) is 4.90 Å². The quantitative estimate of drug-likeness (QED) is 0.867. The molecule has 4 heteroatoms. The second-order valence-corrected chi connectivity index (χ2v) is 5.93. The van der Waals surface area contributed by atoms with Crippen LogP contribution < -0.4 is 0 Å². The van der Waals surface area contributed by atoms with Gasteiger partial charge in [-0.25, -0.2) is 4.79 Å². The lowest BCUT2D eigenvalue weighted by Gasteiger charge is -2.41. The predicted octanol–water partition coefficient (Wildman–Crippen LogP) is 3.23. The van der Waals surface area contributed by atoms with Gasteiger partial charge in [-0.2, -0.15) is 0 Å². The second-order valence-electron chi connectivity index (χ2n) is 5.93. The molecule has 1 heterocycles. The van der Waals surface area contributed by atoms with Gasteiger partial charge in [-0.15, -0.1) is 0 Å². The highest BCUT2D eigenvalue weighted by Crippen LogP contribution is 2.44. The van der Waals surface area contributed by atoms with Gasteiger partial charge in [0, 0.05) is 24.6 Å². The number of nitrogens with zero attached hydrogens (tertiary/aromatic N) is 1. The van der Waals surface area contributed by atoms with Gasteiger partial charge >= 0.3 is 5.97 Å². The third-order valence-electron chi connectivity index (χ3n) is 4.61. The number of rotatable bonds is 4. The van der Waals surface area contributed by atoms with Crippen LogP contribution in [0.5, 0.6) is 0 Å². The zero-order valence-corrected chi connectivity index (χ0v) is 13.3. The summed E-state index contributed by atoms with van der Waals surface area (Å²) in [6.07, 6.45) is 2.62. The first kappa shape index (κ1) is 15.1. The second kappa shape index (κ2) is 6.13. The van der Waals surface area contributed by atoms with E-state index in [1.165, 1.54) is 11.1 Å². The minimum Gasteiger partial charge on any atom is -0.507 e. The van der Waals surface area contributed by atoms with Gasteiger partial charge < -0.3 is 9.84 Å². The molecule has 1 aliphatic carbocycles. The molecule has 1 aromatic carbocycles. The number of esters is 1. The number of carbonyl (C=O) groups is 1. The van der Waals surface area contributed by atoms with Crippen molar-refractivity contribution >= 4 is 11.7 Å². The number of hydrogen-bond acceptors (Lipinski definition) is 4. The van der Waals surface area contributed by atoms with E-state index in [9.17, 15) is 9.90 Å². The van der Waals surface area contributed by atoms with Gasteiger partial charge in [-0.1, -0.05) is 25.1 Å². The molecule has 0 spiro atoms. The molecule has 1 N–H and O–H groups in total. The van der Waals surface area contributed by atoms with Crippen LogP contribution in [0.25, 0.3) is 5.76 Å². The van der Waals surface area contributed by atoms with Crippen molar-refractivity contribution < 1.29 is 14.6 Å². The molecule has 1 atom stereocenters. The van der Waals surface area contributed by atoms with E-state index in [-0.39, 0.29) is 11.8 Å². The smallest absolute Gasteiger partial charge is 0.337 e. The molecule has 1 aromatic rings. The predicted molar refractivity (Wildman–Crippen MR) is 85.5 cm³/mol. The number of ether oxygens (including phenoxy) is 1. The van der Waals surface area contributed by atoms with Crippen molar-refractivity contribution in [2.24, 2.45) is 0 Å². The summed E-state index contributed by atoms with van der Waals surface area (Å²) in [5, 5.41) is 10.6. The lowest BCUT2D eigenvalue weighted by atomic mass is 9.80. The first-order valence-electron chi connectivity index (χ1n) is 8.12. The standard InChI is InChI=1S/C18H23NO3/c1-3-9-19-10-8-12-6-5-7-13-16(12)15(19)11-14(17(13)20)18(21)22-4-2/h5-7,15,20H,3-4,8-11H2,1-2H3. The van der Waals surface area contributed by atoms with Crippen LogP contribution in [0, 0.1) is 0 Å². The fourth-order valence-corrected chi connectivity index (χ4v) is 3.67. The van der Waals surface area contributed by atoms with Gasteiger partial charge in [0.05, 0.1) is 12.2 Å². The lowest BCUT2D eigenvalue weighted by molar-refractivity contribution is -0.138. The van der Waals surface area contributed by atoms with Crippen molar-refractivity contribution in [1.29, 1.82) is 0 Å². The zero-order chi connectivity index (χ0) is 15.7. The number of carbonyl (C=O) groups excluding carboxylic acids is 1. The molecule has 4 nitrogen and oxygen atoms in total.